The number of hydrogen-bond acceptors (Lipinski definition) is 4. The third-order valence-corrected chi connectivity index (χ3v) is 10.5. The summed E-state index contributed by atoms with van der Waals surface area (Å²) in [4.78, 5) is 2.34. The maximum Gasteiger partial charge on any atom is 0.573 e. The highest BCUT2D eigenvalue weighted by Gasteiger charge is 2.40. The minimum absolute atomic E-state index is 0.0894. The zero-order valence-corrected chi connectivity index (χ0v) is 20.3. The monoisotopic (exact) mass is 446 g/mol. The molecule has 0 amide bonds. The largest absolute Gasteiger partial charge is 0.573 e. The second kappa shape index (κ2) is 9.59. The minimum atomic E-state index is -4.69. The zero-order valence-electron chi connectivity index (χ0n) is 19.3. The first-order valence-electron chi connectivity index (χ1n) is 10.7. The molecule has 1 aliphatic rings. The van der Waals surface area contributed by atoms with E-state index in [1.54, 1.807) is 6.07 Å². The first-order valence-corrected chi connectivity index (χ1v) is 13.6. The number of likely N-dealkylation sites (tertiary alicyclic amines) is 1. The molecule has 1 aromatic carbocycles. The van der Waals surface area contributed by atoms with Crippen LogP contribution in [0.4, 0.5) is 13.2 Å². The molecule has 0 radical (unpaired) electrons. The van der Waals surface area contributed by atoms with E-state index in [1.807, 2.05) is 19.9 Å². The van der Waals surface area contributed by atoms with Gasteiger partial charge in [-0.15, -0.1) is 13.2 Å². The van der Waals surface area contributed by atoms with Gasteiger partial charge in [0.1, 0.15) is 5.75 Å². The summed E-state index contributed by atoms with van der Waals surface area (Å²) in [6.07, 6.45) is -3.49. The van der Waals surface area contributed by atoms with Crippen molar-refractivity contribution in [2.75, 3.05) is 19.6 Å². The zero-order chi connectivity index (χ0) is 22.7. The second-order valence-corrected chi connectivity index (χ2v) is 14.8. The SMILES string of the molecule is CC(C)N[C@H](CN1CC[C@H](O[Si](C)(C)C(C)(C)C)C1)c1cccc(OC(F)(F)F)c1. The van der Waals surface area contributed by atoms with E-state index in [4.69, 9.17) is 4.43 Å². The molecule has 2 atom stereocenters. The summed E-state index contributed by atoms with van der Waals surface area (Å²) in [5.74, 6) is -0.184. The Morgan fingerprint density at radius 3 is 2.43 bits per heavy atom. The number of rotatable bonds is 8. The van der Waals surface area contributed by atoms with Crippen molar-refractivity contribution in [3.8, 4) is 5.75 Å². The minimum Gasteiger partial charge on any atom is -0.413 e. The Morgan fingerprint density at radius 1 is 1.20 bits per heavy atom. The third kappa shape index (κ3) is 7.55. The fourth-order valence-corrected chi connectivity index (χ4v) is 4.88. The molecule has 0 aromatic heterocycles. The molecule has 0 unspecified atom stereocenters. The molecule has 1 N–H and O–H groups in total. The lowest BCUT2D eigenvalue weighted by Gasteiger charge is -2.38. The predicted molar refractivity (Wildman–Crippen MR) is 117 cm³/mol. The molecule has 1 aromatic rings. The van der Waals surface area contributed by atoms with E-state index in [0.717, 1.165) is 25.1 Å². The lowest BCUT2D eigenvalue weighted by atomic mass is 10.0. The first kappa shape index (κ1) is 25.2. The smallest absolute Gasteiger partial charge is 0.413 e. The van der Waals surface area contributed by atoms with Crippen LogP contribution in [-0.4, -0.2) is 51.4 Å². The molecule has 4 nitrogen and oxygen atoms in total. The van der Waals surface area contributed by atoms with Crippen molar-refractivity contribution in [2.24, 2.45) is 0 Å². The van der Waals surface area contributed by atoms with E-state index in [1.165, 1.54) is 12.1 Å². The van der Waals surface area contributed by atoms with Crippen LogP contribution in [0.15, 0.2) is 24.3 Å². The molecular weight excluding hydrogens is 409 g/mol. The number of hydrogen-bond donors (Lipinski definition) is 1. The van der Waals surface area contributed by atoms with E-state index < -0.39 is 14.7 Å². The first-order chi connectivity index (χ1) is 13.7. The number of nitrogens with one attached hydrogen (secondary N) is 1. The fraction of sp³-hybridized carbons (Fsp3) is 0.727. The summed E-state index contributed by atoms with van der Waals surface area (Å²) in [7, 11) is -1.83. The Hall–Kier alpha value is -1.09. The summed E-state index contributed by atoms with van der Waals surface area (Å²) in [5, 5.41) is 3.66. The Labute approximate surface area is 180 Å². The van der Waals surface area contributed by atoms with E-state index >= 15 is 0 Å². The molecule has 2 rings (SSSR count). The molecule has 172 valence electrons. The Bertz CT molecular complexity index is 690. The van der Waals surface area contributed by atoms with Gasteiger partial charge in [0.05, 0.1) is 6.10 Å². The van der Waals surface area contributed by atoms with E-state index in [9.17, 15) is 13.2 Å². The maximum atomic E-state index is 12.6. The molecule has 1 aliphatic heterocycles. The Balaban J connectivity index is 2.07. The number of nitrogens with zero attached hydrogens (tertiary/aromatic N) is 1. The molecular formula is C22H37F3N2O2Si. The summed E-state index contributed by atoms with van der Waals surface area (Å²) < 4.78 is 48.5. The average molecular weight is 447 g/mol. The quantitative estimate of drug-likeness (QED) is 0.518. The molecule has 8 heteroatoms. The van der Waals surface area contributed by atoms with E-state index in [-0.39, 0.29) is 29.0 Å². The maximum absolute atomic E-state index is 12.6. The van der Waals surface area contributed by atoms with Crippen LogP contribution in [0.1, 0.15) is 52.6 Å². The highest BCUT2D eigenvalue weighted by molar-refractivity contribution is 6.74. The molecule has 30 heavy (non-hydrogen) atoms. The third-order valence-electron chi connectivity index (χ3n) is 5.97. The van der Waals surface area contributed by atoms with Crippen molar-refractivity contribution < 1.29 is 22.3 Å². The van der Waals surface area contributed by atoms with Crippen LogP contribution in [0, 0.1) is 0 Å². The summed E-state index contributed by atoms with van der Waals surface area (Å²) >= 11 is 0. The van der Waals surface area contributed by atoms with Crippen LogP contribution in [0.5, 0.6) is 5.75 Å². The molecule has 1 fully saturated rings. The van der Waals surface area contributed by atoms with Crippen molar-refractivity contribution >= 4 is 8.32 Å². The van der Waals surface area contributed by atoms with Crippen LogP contribution in [0.3, 0.4) is 0 Å². The van der Waals surface area contributed by atoms with Gasteiger partial charge < -0.3 is 14.5 Å². The van der Waals surface area contributed by atoms with Crippen molar-refractivity contribution in [1.29, 1.82) is 0 Å². The van der Waals surface area contributed by atoms with Crippen LogP contribution >= 0.6 is 0 Å². The Kier molecular flexibility index (Phi) is 8.04. The van der Waals surface area contributed by atoms with Crippen molar-refractivity contribution in [3.05, 3.63) is 29.8 Å². The van der Waals surface area contributed by atoms with Gasteiger partial charge >= 0.3 is 6.36 Å². The number of halogens is 3. The molecule has 1 saturated heterocycles. The van der Waals surface area contributed by atoms with Crippen LogP contribution in [-0.2, 0) is 4.43 Å². The fourth-order valence-electron chi connectivity index (χ4n) is 3.50. The van der Waals surface area contributed by atoms with Gasteiger partial charge in [0.25, 0.3) is 0 Å². The van der Waals surface area contributed by atoms with Gasteiger partial charge in [0.15, 0.2) is 8.32 Å². The van der Waals surface area contributed by atoms with Gasteiger partial charge in [-0.25, -0.2) is 0 Å². The van der Waals surface area contributed by atoms with E-state index in [0.29, 0.717) is 6.54 Å². The molecule has 0 bridgehead atoms. The molecule has 1 heterocycles. The topological polar surface area (TPSA) is 33.7 Å². The molecule has 0 spiro atoms. The van der Waals surface area contributed by atoms with Gasteiger partial charge in [-0.3, -0.25) is 4.90 Å². The van der Waals surface area contributed by atoms with Crippen molar-refractivity contribution in [3.63, 3.8) is 0 Å². The van der Waals surface area contributed by atoms with E-state index in [2.05, 4.69) is 48.8 Å². The van der Waals surface area contributed by atoms with Crippen molar-refractivity contribution in [1.82, 2.24) is 10.2 Å². The number of ether oxygens (including phenoxy) is 1. The summed E-state index contributed by atoms with van der Waals surface area (Å²) in [6, 6.07) is 6.38. The summed E-state index contributed by atoms with van der Waals surface area (Å²) in [5.41, 5.74) is 0.791. The number of benzene rings is 1. The van der Waals surface area contributed by atoms with Gasteiger partial charge in [0, 0.05) is 31.7 Å². The standard InChI is InChI=1S/C22H37F3N2O2Si/c1-16(2)26-20(17-9-8-10-18(13-17)28-22(23,24)25)15-27-12-11-19(14-27)29-30(6,7)21(3,4)5/h8-10,13,16,19-20,26H,11-12,14-15H2,1-7H3/t19-,20+/m0/s1. The molecule has 0 saturated carbocycles. The van der Waals surface area contributed by atoms with Gasteiger partial charge in [0.2, 0.25) is 0 Å². The highest BCUT2D eigenvalue weighted by atomic mass is 28.4. The normalized spacial score (nSPS) is 20.0. The van der Waals surface area contributed by atoms with Crippen LogP contribution in [0.2, 0.25) is 18.1 Å². The lowest BCUT2D eigenvalue weighted by Crippen LogP contribution is -2.45. The summed E-state index contributed by atoms with van der Waals surface area (Å²) in [6.45, 7) is 17.8. The van der Waals surface area contributed by atoms with Crippen molar-refractivity contribution in [2.45, 2.75) is 83.7 Å². The predicted octanol–water partition coefficient (Wildman–Crippen LogP) is 5.72. The van der Waals surface area contributed by atoms with Crippen LogP contribution in [0.25, 0.3) is 0 Å². The average Bonchev–Trinajstić information content (AvgIpc) is 2.97. The highest BCUT2D eigenvalue weighted by Crippen LogP contribution is 2.38. The van der Waals surface area contributed by atoms with Gasteiger partial charge in [-0.1, -0.05) is 46.8 Å². The molecule has 0 aliphatic carbocycles. The van der Waals surface area contributed by atoms with Gasteiger partial charge in [-0.2, -0.15) is 0 Å². The second-order valence-electron chi connectivity index (χ2n) is 10.0. The van der Waals surface area contributed by atoms with Crippen LogP contribution < -0.4 is 10.1 Å². The number of alkyl halides is 3. The Morgan fingerprint density at radius 2 is 1.87 bits per heavy atom. The lowest BCUT2D eigenvalue weighted by molar-refractivity contribution is -0.274. The van der Waals surface area contributed by atoms with Gasteiger partial charge in [-0.05, 0) is 42.2 Å².